The van der Waals surface area contributed by atoms with Gasteiger partial charge in [0, 0.05) is 20.3 Å². The number of nitrogens with zero attached hydrogens (tertiary/aromatic N) is 1. The fourth-order valence-corrected chi connectivity index (χ4v) is 3.15. The summed E-state index contributed by atoms with van der Waals surface area (Å²) in [7, 11) is 1.65. The lowest BCUT2D eigenvalue weighted by Crippen LogP contribution is -2.70. The van der Waals surface area contributed by atoms with Crippen LogP contribution in [0.25, 0.3) is 0 Å². The normalized spacial score (nSPS) is 21.8. The van der Waals surface area contributed by atoms with Crippen molar-refractivity contribution in [3.8, 4) is 0 Å². The molecule has 0 aromatic carbocycles. The number of amides is 2. The molecular formula is C16H30N2O3. The molecule has 1 aliphatic rings. The van der Waals surface area contributed by atoms with Crippen molar-refractivity contribution in [1.82, 2.24) is 10.2 Å². The van der Waals surface area contributed by atoms with E-state index in [0.717, 1.165) is 6.42 Å². The van der Waals surface area contributed by atoms with Crippen LogP contribution in [-0.2, 0) is 14.3 Å². The second kappa shape index (κ2) is 7.78. The minimum Gasteiger partial charge on any atom is -0.385 e. The Morgan fingerprint density at radius 1 is 1.29 bits per heavy atom. The molecule has 0 aromatic heterocycles. The molecule has 1 aliphatic heterocycles. The summed E-state index contributed by atoms with van der Waals surface area (Å²) >= 11 is 0. The van der Waals surface area contributed by atoms with Crippen molar-refractivity contribution in [3.05, 3.63) is 0 Å². The van der Waals surface area contributed by atoms with Crippen LogP contribution in [0.4, 0.5) is 0 Å². The van der Waals surface area contributed by atoms with E-state index >= 15 is 0 Å². The summed E-state index contributed by atoms with van der Waals surface area (Å²) in [5.41, 5.74) is -0.696. The molecule has 1 rings (SSSR count). The van der Waals surface area contributed by atoms with Crippen molar-refractivity contribution in [2.45, 2.75) is 65.0 Å². The van der Waals surface area contributed by atoms with Gasteiger partial charge < -0.3 is 15.0 Å². The zero-order valence-electron chi connectivity index (χ0n) is 14.1. The molecular weight excluding hydrogens is 268 g/mol. The third kappa shape index (κ3) is 3.76. The van der Waals surface area contributed by atoms with Crippen molar-refractivity contribution in [2.24, 2.45) is 5.92 Å². The molecule has 21 heavy (non-hydrogen) atoms. The second-order valence-corrected chi connectivity index (χ2v) is 6.23. The molecule has 1 unspecified atom stereocenters. The van der Waals surface area contributed by atoms with Crippen molar-refractivity contribution in [2.75, 3.05) is 20.3 Å². The molecule has 0 aliphatic carbocycles. The van der Waals surface area contributed by atoms with Crippen LogP contribution in [-0.4, -0.2) is 48.6 Å². The highest BCUT2D eigenvalue weighted by molar-refractivity contribution is 5.99. The summed E-state index contributed by atoms with van der Waals surface area (Å²) in [6.07, 6.45) is 2.73. The Morgan fingerprint density at radius 2 is 1.90 bits per heavy atom. The first-order valence-corrected chi connectivity index (χ1v) is 8.04. The number of methoxy groups -OCH3 is 1. The number of hydrogen-bond acceptors (Lipinski definition) is 3. The van der Waals surface area contributed by atoms with Crippen LogP contribution in [0.2, 0.25) is 0 Å². The van der Waals surface area contributed by atoms with E-state index in [-0.39, 0.29) is 17.9 Å². The van der Waals surface area contributed by atoms with E-state index in [2.05, 4.69) is 19.2 Å². The number of carbonyl (C=O) groups is 2. The maximum atomic E-state index is 12.8. The minimum atomic E-state index is -0.696. The van der Waals surface area contributed by atoms with Crippen LogP contribution in [0, 0.1) is 5.92 Å². The second-order valence-electron chi connectivity index (χ2n) is 6.23. The average molecular weight is 298 g/mol. The van der Waals surface area contributed by atoms with E-state index in [1.165, 1.54) is 0 Å². The van der Waals surface area contributed by atoms with Gasteiger partial charge in [0.05, 0.1) is 0 Å². The first-order valence-electron chi connectivity index (χ1n) is 8.04. The summed E-state index contributed by atoms with van der Waals surface area (Å²) in [4.78, 5) is 27.2. The Kier molecular flexibility index (Phi) is 6.65. The highest BCUT2D eigenvalue weighted by Gasteiger charge is 2.49. The van der Waals surface area contributed by atoms with Gasteiger partial charge in [0.2, 0.25) is 11.8 Å². The third-order valence-corrected chi connectivity index (χ3v) is 4.42. The number of hydrogen-bond donors (Lipinski definition) is 1. The molecule has 5 heteroatoms. The first-order chi connectivity index (χ1) is 9.92. The Hall–Kier alpha value is -1.10. The lowest BCUT2D eigenvalue weighted by molar-refractivity contribution is -0.159. The lowest BCUT2D eigenvalue weighted by atomic mass is 9.84. The molecule has 0 radical (unpaired) electrons. The quantitative estimate of drug-likeness (QED) is 0.697. The Labute approximate surface area is 128 Å². The molecule has 0 spiro atoms. The smallest absolute Gasteiger partial charge is 0.246 e. The fraction of sp³-hybridized carbons (Fsp3) is 0.875. The molecule has 2 amide bonds. The number of nitrogens with one attached hydrogen (secondary N) is 1. The molecule has 0 aromatic rings. The number of rotatable bonds is 8. The van der Waals surface area contributed by atoms with Crippen LogP contribution in [0.5, 0.6) is 0 Å². The summed E-state index contributed by atoms with van der Waals surface area (Å²) in [6, 6.07) is -0.383. The van der Waals surface area contributed by atoms with Crippen LogP contribution < -0.4 is 5.32 Å². The molecule has 0 saturated carbocycles. The van der Waals surface area contributed by atoms with Gasteiger partial charge in [-0.05, 0) is 31.6 Å². The van der Waals surface area contributed by atoms with E-state index in [9.17, 15) is 9.59 Å². The Morgan fingerprint density at radius 3 is 2.38 bits per heavy atom. The lowest BCUT2D eigenvalue weighted by Gasteiger charge is -2.48. The van der Waals surface area contributed by atoms with Crippen molar-refractivity contribution in [1.29, 1.82) is 0 Å². The number of carbonyl (C=O) groups excluding carboxylic acids is 2. The summed E-state index contributed by atoms with van der Waals surface area (Å²) < 4.78 is 5.08. The predicted molar refractivity (Wildman–Crippen MR) is 82.9 cm³/mol. The maximum Gasteiger partial charge on any atom is 0.246 e. The molecule has 1 N–H and O–H groups in total. The molecule has 1 atom stereocenters. The van der Waals surface area contributed by atoms with Gasteiger partial charge in [-0.15, -0.1) is 0 Å². The van der Waals surface area contributed by atoms with Gasteiger partial charge in [0.25, 0.3) is 0 Å². The van der Waals surface area contributed by atoms with Gasteiger partial charge in [0.1, 0.15) is 11.6 Å². The Bertz CT molecular complexity index is 365. The van der Waals surface area contributed by atoms with E-state index in [1.54, 1.807) is 12.0 Å². The highest BCUT2D eigenvalue weighted by atomic mass is 16.5. The first kappa shape index (κ1) is 18.0. The van der Waals surface area contributed by atoms with E-state index in [0.29, 0.717) is 38.3 Å². The van der Waals surface area contributed by atoms with Crippen LogP contribution in [0.3, 0.4) is 0 Å². The SMILES string of the molecule is CCC1(CC)C(=O)NC(CC(C)C)C(=O)N1CCCOC. The van der Waals surface area contributed by atoms with Crippen molar-refractivity contribution < 1.29 is 14.3 Å². The molecule has 1 saturated heterocycles. The van der Waals surface area contributed by atoms with Crippen LogP contribution in [0.1, 0.15) is 53.4 Å². The van der Waals surface area contributed by atoms with Gasteiger partial charge >= 0.3 is 0 Å². The van der Waals surface area contributed by atoms with Crippen molar-refractivity contribution in [3.63, 3.8) is 0 Å². The van der Waals surface area contributed by atoms with Gasteiger partial charge in [-0.3, -0.25) is 9.59 Å². The van der Waals surface area contributed by atoms with Crippen LogP contribution >= 0.6 is 0 Å². The summed E-state index contributed by atoms with van der Waals surface area (Å²) in [6.45, 7) is 9.26. The van der Waals surface area contributed by atoms with Gasteiger partial charge in [-0.1, -0.05) is 27.7 Å². The van der Waals surface area contributed by atoms with Gasteiger partial charge in [-0.2, -0.15) is 0 Å². The zero-order valence-corrected chi connectivity index (χ0v) is 14.1. The monoisotopic (exact) mass is 298 g/mol. The van der Waals surface area contributed by atoms with Crippen LogP contribution in [0.15, 0.2) is 0 Å². The molecule has 122 valence electrons. The Balaban J connectivity index is 2.99. The number of ether oxygens (including phenoxy) is 1. The summed E-state index contributed by atoms with van der Waals surface area (Å²) in [5, 5.41) is 2.95. The molecule has 5 nitrogen and oxygen atoms in total. The van der Waals surface area contributed by atoms with Crippen molar-refractivity contribution >= 4 is 11.8 Å². The third-order valence-electron chi connectivity index (χ3n) is 4.42. The maximum absolute atomic E-state index is 12.8. The topological polar surface area (TPSA) is 58.6 Å². The molecule has 1 fully saturated rings. The van der Waals surface area contributed by atoms with E-state index < -0.39 is 5.54 Å². The molecule has 0 bridgehead atoms. The molecule has 1 heterocycles. The highest BCUT2D eigenvalue weighted by Crippen LogP contribution is 2.30. The van der Waals surface area contributed by atoms with E-state index in [1.807, 2.05) is 13.8 Å². The van der Waals surface area contributed by atoms with Gasteiger partial charge in [-0.25, -0.2) is 0 Å². The predicted octanol–water partition coefficient (Wildman–Crippen LogP) is 1.95. The van der Waals surface area contributed by atoms with E-state index in [4.69, 9.17) is 4.74 Å². The standard InChI is InChI=1S/C16H30N2O3/c1-6-16(7-2)15(20)17-13(11-12(3)4)14(19)18(16)9-8-10-21-5/h12-13H,6-11H2,1-5H3,(H,17,20). The average Bonchev–Trinajstić information content (AvgIpc) is 2.44. The fourth-order valence-electron chi connectivity index (χ4n) is 3.15. The van der Waals surface area contributed by atoms with Gasteiger partial charge in [0.15, 0.2) is 0 Å². The largest absolute Gasteiger partial charge is 0.385 e. The summed E-state index contributed by atoms with van der Waals surface area (Å²) in [5.74, 6) is 0.425. The minimum absolute atomic E-state index is 0.00448. The number of piperazine rings is 1. The zero-order chi connectivity index (χ0) is 16.0.